The van der Waals surface area contributed by atoms with Crippen molar-refractivity contribution in [3.63, 3.8) is 0 Å². The molecule has 0 saturated heterocycles. The summed E-state index contributed by atoms with van der Waals surface area (Å²) in [7, 11) is 0. The minimum atomic E-state index is -0.987. The summed E-state index contributed by atoms with van der Waals surface area (Å²) in [5.74, 6) is -0.385. The molecule has 0 fully saturated rings. The largest absolute Gasteiger partial charge is 0.478 e. The number of fused-ring (bicyclic) bond motifs is 1. The second kappa shape index (κ2) is 4.48. The van der Waals surface area contributed by atoms with Crippen LogP contribution in [0.3, 0.4) is 0 Å². The van der Waals surface area contributed by atoms with Crippen LogP contribution in [0.4, 0.5) is 0 Å². The lowest BCUT2D eigenvalue weighted by atomic mass is 10.2. The van der Waals surface area contributed by atoms with Gasteiger partial charge in [-0.05, 0) is 30.3 Å². The van der Waals surface area contributed by atoms with Gasteiger partial charge in [0.05, 0.1) is 12.1 Å². The molecule has 0 aliphatic carbocycles. The average Bonchev–Trinajstić information content (AvgIpc) is 2.97. The lowest BCUT2D eigenvalue weighted by Crippen LogP contribution is -1.97. The molecular weight excluding hydrogens is 266 g/mol. The molecule has 0 spiro atoms. The van der Waals surface area contributed by atoms with Gasteiger partial charge in [-0.3, -0.25) is 0 Å². The second-order valence-corrected chi connectivity index (χ2v) is 4.69. The number of aromatic carboxylic acids is 1. The van der Waals surface area contributed by atoms with Crippen LogP contribution < -0.4 is 0 Å². The predicted molar refractivity (Wildman–Crippen MR) is 71.7 cm³/mol. The number of rotatable bonds is 3. The molecule has 96 valence electrons. The number of aromatic nitrogens is 1. The quantitative estimate of drug-likeness (QED) is 0.794. The fraction of sp³-hybridized carbons (Fsp3) is 0.0714. The Morgan fingerprint density at radius 2 is 2.16 bits per heavy atom. The molecule has 0 radical (unpaired) electrons. The molecule has 4 nitrogen and oxygen atoms in total. The molecule has 19 heavy (non-hydrogen) atoms. The summed E-state index contributed by atoms with van der Waals surface area (Å²) in [6.45, 7) is 0.485. The smallest absolute Gasteiger partial charge is 0.338 e. The lowest BCUT2D eigenvalue weighted by molar-refractivity contribution is 0.0696. The van der Waals surface area contributed by atoms with Crippen LogP contribution in [0.15, 0.2) is 47.2 Å². The van der Waals surface area contributed by atoms with Crippen LogP contribution in [0.2, 0.25) is 5.02 Å². The van der Waals surface area contributed by atoms with Crippen LogP contribution in [0.25, 0.3) is 10.9 Å². The number of furan rings is 1. The van der Waals surface area contributed by atoms with Gasteiger partial charge in [0.15, 0.2) is 0 Å². The van der Waals surface area contributed by atoms with E-state index in [1.165, 1.54) is 12.3 Å². The van der Waals surface area contributed by atoms with Gasteiger partial charge in [-0.25, -0.2) is 4.79 Å². The zero-order valence-corrected chi connectivity index (χ0v) is 10.6. The Morgan fingerprint density at radius 3 is 2.89 bits per heavy atom. The summed E-state index contributed by atoms with van der Waals surface area (Å²) in [4.78, 5) is 10.8. The highest BCUT2D eigenvalue weighted by molar-refractivity contribution is 6.31. The minimum absolute atomic E-state index is 0.162. The van der Waals surface area contributed by atoms with Crippen LogP contribution in [-0.4, -0.2) is 15.6 Å². The van der Waals surface area contributed by atoms with Crippen LogP contribution in [0, 0.1) is 0 Å². The van der Waals surface area contributed by atoms with Crippen molar-refractivity contribution in [1.82, 2.24) is 4.57 Å². The van der Waals surface area contributed by atoms with Crippen LogP contribution in [0.1, 0.15) is 16.1 Å². The van der Waals surface area contributed by atoms with E-state index in [1.807, 2.05) is 35.0 Å². The van der Waals surface area contributed by atoms with Crippen LogP contribution >= 0.6 is 11.6 Å². The summed E-state index contributed by atoms with van der Waals surface area (Å²) >= 11 is 5.93. The Hall–Kier alpha value is -2.20. The predicted octanol–water partition coefficient (Wildman–Crippen LogP) is 3.63. The molecule has 3 aromatic rings. The molecule has 2 aromatic heterocycles. The second-order valence-electron chi connectivity index (χ2n) is 4.25. The Bertz CT molecular complexity index is 757. The molecule has 1 aromatic carbocycles. The van der Waals surface area contributed by atoms with Gasteiger partial charge in [0.25, 0.3) is 0 Å². The topological polar surface area (TPSA) is 55.4 Å². The average molecular weight is 276 g/mol. The van der Waals surface area contributed by atoms with E-state index in [2.05, 4.69) is 0 Å². The summed E-state index contributed by atoms with van der Waals surface area (Å²) < 4.78 is 7.23. The van der Waals surface area contributed by atoms with Gasteiger partial charge in [-0.15, -0.1) is 0 Å². The van der Waals surface area contributed by atoms with E-state index in [4.69, 9.17) is 21.1 Å². The molecule has 0 aliphatic rings. The molecule has 2 heterocycles. The molecule has 0 unspecified atom stereocenters. The standard InChI is InChI=1S/C14H10ClNO3/c15-11-1-2-13-9(5-11)3-4-16(13)7-12-6-10(8-19-12)14(17)18/h1-6,8H,7H2,(H,17,18). The van der Waals surface area contributed by atoms with E-state index in [-0.39, 0.29) is 5.56 Å². The monoisotopic (exact) mass is 275 g/mol. The zero-order valence-electron chi connectivity index (χ0n) is 9.84. The summed E-state index contributed by atoms with van der Waals surface area (Å²) in [5.41, 5.74) is 1.19. The number of carboxylic acids is 1. The molecule has 5 heteroatoms. The minimum Gasteiger partial charge on any atom is -0.478 e. The highest BCUT2D eigenvalue weighted by Gasteiger charge is 2.09. The molecular formula is C14H10ClNO3. The van der Waals surface area contributed by atoms with Crippen LogP contribution in [-0.2, 0) is 6.54 Å². The maximum atomic E-state index is 10.8. The maximum Gasteiger partial charge on any atom is 0.338 e. The Balaban J connectivity index is 1.94. The van der Waals surface area contributed by atoms with E-state index in [0.29, 0.717) is 17.3 Å². The molecule has 0 bridgehead atoms. The summed E-state index contributed by atoms with van der Waals surface area (Å²) in [5, 5.41) is 10.6. The summed E-state index contributed by atoms with van der Waals surface area (Å²) in [6.07, 6.45) is 3.17. The van der Waals surface area contributed by atoms with E-state index < -0.39 is 5.97 Å². The number of carboxylic acid groups (broad SMARTS) is 1. The number of carbonyl (C=O) groups is 1. The van der Waals surface area contributed by atoms with Crippen molar-refractivity contribution in [2.75, 3.05) is 0 Å². The number of benzene rings is 1. The normalized spacial score (nSPS) is 11.0. The number of hydrogen-bond donors (Lipinski definition) is 1. The van der Waals surface area contributed by atoms with Gasteiger partial charge in [0, 0.05) is 22.1 Å². The fourth-order valence-corrected chi connectivity index (χ4v) is 2.23. The van der Waals surface area contributed by atoms with Crippen molar-refractivity contribution in [2.24, 2.45) is 0 Å². The fourth-order valence-electron chi connectivity index (χ4n) is 2.05. The van der Waals surface area contributed by atoms with Crippen molar-refractivity contribution in [3.05, 3.63) is 59.1 Å². The van der Waals surface area contributed by atoms with Crippen molar-refractivity contribution < 1.29 is 14.3 Å². The molecule has 0 amide bonds. The maximum absolute atomic E-state index is 10.8. The van der Waals surface area contributed by atoms with Crippen molar-refractivity contribution in [1.29, 1.82) is 0 Å². The van der Waals surface area contributed by atoms with Gasteiger partial charge < -0.3 is 14.1 Å². The van der Waals surface area contributed by atoms with Gasteiger partial charge in [-0.2, -0.15) is 0 Å². The molecule has 3 rings (SSSR count). The Labute approximate surface area is 113 Å². The first-order valence-corrected chi connectivity index (χ1v) is 6.06. The SMILES string of the molecule is O=C(O)c1coc(Cn2ccc3cc(Cl)ccc32)c1. The number of nitrogens with zero attached hydrogens (tertiary/aromatic N) is 1. The van der Waals surface area contributed by atoms with Crippen LogP contribution in [0.5, 0.6) is 0 Å². The molecule has 0 saturated carbocycles. The van der Waals surface area contributed by atoms with Gasteiger partial charge >= 0.3 is 5.97 Å². The zero-order chi connectivity index (χ0) is 13.4. The highest BCUT2D eigenvalue weighted by Crippen LogP contribution is 2.21. The first kappa shape index (κ1) is 11.9. The molecule has 0 aliphatic heterocycles. The first-order valence-electron chi connectivity index (χ1n) is 5.68. The van der Waals surface area contributed by atoms with E-state index in [0.717, 1.165) is 10.9 Å². The third-order valence-electron chi connectivity index (χ3n) is 2.96. The van der Waals surface area contributed by atoms with Crippen molar-refractivity contribution >= 4 is 28.5 Å². The van der Waals surface area contributed by atoms with E-state index >= 15 is 0 Å². The van der Waals surface area contributed by atoms with Gasteiger partial charge in [0.2, 0.25) is 0 Å². The first-order chi connectivity index (χ1) is 9.13. The number of halogens is 1. The van der Waals surface area contributed by atoms with Gasteiger partial charge in [0.1, 0.15) is 12.0 Å². The van der Waals surface area contributed by atoms with E-state index in [9.17, 15) is 4.79 Å². The molecule has 1 N–H and O–H groups in total. The number of hydrogen-bond acceptors (Lipinski definition) is 2. The Kier molecular flexibility index (Phi) is 2.80. The van der Waals surface area contributed by atoms with Gasteiger partial charge in [-0.1, -0.05) is 11.6 Å². The Morgan fingerprint density at radius 1 is 1.32 bits per heavy atom. The third-order valence-corrected chi connectivity index (χ3v) is 3.20. The molecule has 0 atom stereocenters. The van der Waals surface area contributed by atoms with Crippen molar-refractivity contribution in [3.8, 4) is 0 Å². The summed E-state index contributed by atoms with van der Waals surface area (Å²) in [6, 6.07) is 9.13. The lowest BCUT2D eigenvalue weighted by Gasteiger charge is -2.02. The highest BCUT2D eigenvalue weighted by atomic mass is 35.5. The van der Waals surface area contributed by atoms with E-state index in [1.54, 1.807) is 0 Å². The third kappa shape index (κ3) is 2.22. The van der Waals surface area contributed by atoms with Crippen molar-refractivity contribution in [2.45, 2.75) is 6.54 Å².